The van der Waals surface area contributed by atoms with Crippen LogP contribution in [0.2, 0.25) is 10.0 Å². The maximum absolute atomic E-state index is 6.21. The number of fused-ring (bicyclic) bond motifs is 2. The molecule has 4 nitrogen and oxygen atoms in total. The van der Waals surface area contributed by atoms with E-state index in [2.05, 4.69) is 26.6 Å². The van der Waals surface area contributed by atoms with Crippen LogP contribution in [-0.2, 0) is 0 Å². The van der Waals surface area contributed by atoms with E-state index in [1.165, 1.54) is 6.42 Å². The Balaban J connectivity index is 1.54. The summed E-state index contributed by atoms with van der Waals surface area (Å²) in [5.41, 5.74) is 2.90. The van der Waals surface area contributed by atoms with Crippen LogP contribution in [0.5, 0.6) is 0 Å². The lowest BCUT2D eigenvalue weighted by Gasteiger charge is -2.49. The molecule has 22 heavy (non-hydrogen) atoms. The van der Waals surface area contributed by atoms with E-state index in [-0.39, 0.29) is 0 Å². The molecule has 0 saturated carbocycles. The van der Waals surface area contributed by atoms with E-state index in [9.17, 15) is 0 Å². The predicted octanol–water partition coefficient (Wildman–Crippen LogP) is 3.68. The normalized spacial score (nSPS) is 23.1. The summed E-state index contributed by atoms with van der Waals surface area (Å²) in [4.78, 5) is 6.74. The number of halogens is 2. The molecule has 0 amide bonds. The van der Waals surface area contributed by atoms with E-state index in [0.29, 0.717) is 22.1 Å². The van der Waals surface area contributed by atoms with Crippen molar-refractivity contribution < 1.29 is 0 Å². The first kappa shape index (κ1) is 14.1. The van der Waals surface area contributed by atoms with E-state index in [0.717, 1.165) is 30.2 Å². The molecule has 2 bridgehead atoms. The summed E-state index contributed by atoms with van der Waals surface area (Å²) < 4.78 is 0. The number of piperazine rings is 1. The van der Waals surface area contributed by atoms with Crippen molar-refractivity contribution >= 4 is 40.3 Å². The molecule has 3 saturated heterocycles. The molecule has 3 aliphatic heterocycles. The fourth-order valence-electron chi connectivity index (χ4n) is 3.14. The van der Waals surface area contributed by atoms with Crippen molar-refractivity contribution in [1.82, 2.24) is 10.3 Å². The molecule has 114 valence electrons. The van der Waals surface area contributed by atoms with Crippen LogP contribution in [0.25, 0.3) is 0 Å². The van der Waals surface area contributed by atoms with Gasteiger partial charge in [0, 0.05) is 30.2 Å². The number of aromatic nitrogens is 1. The lowest BCUT2D eigenvalue weighted by molar-refractivity contribution is 0.226. The van der Waals surface area contributed by atoms with Crippen LogP contribution in [0.4, 0.5) is 17.1 Å². The summed E-state index contributed by atoms with van der Waals surface area (Å²) in [6.07, 6.45) is 5.01. The fraction of sp³-hybridized carbons (Fsp3) is 0.312. The second-order valence-electron chi connectivity index (χ2n) is 5.88. The summed E-state index contributed by atoms with van der Waals surface area (Å²) in [6.45, 7) is 2.09. The second kappa shape index (κ2) is 5.61. The number of anilines is 3. The Bertz CT molecular complexity index is 690. The summed E-state index contributed by atoms with van der Waals surface area (Å²) in [7, 11) is 0. The van der Waals surface area contributed by atoms with Gasteiger partial charge in [-0.3, -0.25) is 4.98 Å². The quantitative estimate of drug-likeness (QED) is 0.898. The molecule has 2 aromatic rings. The molecule has 2 N–H and O–H groups in total. The molecule has 3 fully saturated rings. The van der Waals surface area contributed by atoms with Crippen LogP contribution in [0.3, 0.4) is 0 Å². The third-order valence-electron chi connectivity index (χ3n) is 4.22. The Morgan fingerprint density at radius 3 is 2.64 bits per heavy atom. The predicted molar refractivity (Wildman–Crippen MR) is 91.5 cm³/mol. The van der Waals surface area contributed by atoms with Gasteiger partial charge in [-0.25, -0.2) is 0 Å². The van der Waals surface area contributed by atoms with Crippen molar-refractivity contribution in [3.63, 3.8) is 0 Å². The standard InChI is InChI=1S/C16H16Cl2N4/c17-10-1-2-16(15(18)3-10)21-11-5-14(7-19-6-11)22-8-12-4-13(9-22)20-12/h1-3,5-7,12-13,20-21H,4,8-9H2. The molecule has 3 aliphatic rings. The van der Waals surface area contributed by atoms with E-state index in [4.69, 9.17) is 23.2 Å². The molecule has 0 spiro atoms. The summed E-state index contributed by atoms with van der Waals surface area (Å²) in [5.74, 6) is 0. The number of hydrogen-bond donors (Lipinski definition) is 2. The Labute approximate surface area is 139 Å². The molecule has 0 aliphatic carbocycles. The van der Waals surface area contributed by atoms with Crippen molar-refractivity contribution in [3.8, 4) is 0 Å². The molecule has 2 atom stereocenters. The van der Waals surface area contributed by atoms with Gasteiger partial charge in [0.05, 0.1) is 34.5 Å². The first-order valence-electron chi connectivity index (χ1n) is 7.35. The van der Waals surface area contributed by atoms with Gasteiger partial charge in [-0.2, -0.15) is 0 Å². The van der Waals surface area contributed by atoms with Gasteiger partial charge in [0.2, 0.25) is 0 Å². The van der Waals surface area contributed by atoms with Gasteiger partial charge in [-0.15, -0.1) is 0 Å². The number of hydrogen-bond acceptors (Lipinski definition) is 4. The molecule has 2 unspecified atom stereocenters. The van der Waals surface area contributed by atoms with Gasteiger partial charge in [0.25, 0.3) is 0 Å². The van der Waals surface area contributed by atoms with Gasteiger partial charge in [-0.1, -0.05) is 23.2 Å². The third-order valence-corrected chi connectivity index (χ3v) is 4.77. The van der Waals surface area contributed by atoms with Crippen LogP contribution in [0.15, 0.2) is 36.7 Å². The van der Waals surface area contributed by atoms with Crippen molar-refractivity contribution in [2.75, 3.05) is 23.3 Å². The molecule has 6 heteroatoms. The van der Waals surface area contributed by atoms with E-state index in [1.807, 2.05) is 18.3 Å². The molecule has 1 aromatic heterocycles. The Kier molecular flexibility index (Phi) is 3.60. The number of nitrogens with one attached hydrogen (secondary N) is 2. The highest BCUT2D eigenvalue weighted by Crippen LogP contribution is 2.31. The average Bonchev–Trinajstić information content (AvgIpc) is 2.50. The monoisotopic (exact) mass is 334 g/mol. The highest BCUT2D eigenvalue weighted by molar-refractivity contribution is 6.36. The molecule has 1 aromatic carbocycles. The average molecular weight is 335 g/mol. The first-order valence-corrected chi connectivity index (χ1v) is 8.11. The Morgan fingerprint density at radius 2 is 1.91 bits per heavy atom. The van der Waals surface area contributed by atoms with E-state index in [1.54, 1.807) is 12.3 Å². The SMILES string of the molecule is Clc1ccc(Nc2cncc(N3CC4CC(C3)N4)c2)c(Cl)c1. The van der Waals surface area contributed by atoms with Gasteiger partial charge in [0.15, 0.2) is 0 Å². The van der Waals surface area contributed by atoms with Gasteiger partial charge < -0.3 is 15.5 Å². The van der Waals surface area contributed by atoms with Crippen LogP contribution < -0.4 is 15.5 Å². The van der Waals surface area contributed by atoms with Crippen molar-refractivity contribution in [1.29, 1.82) is 0 Å². The summed E-state index contributed by atoms with van der Waals surface area (Å²) in [6, 6.07) is 8.78. The van der Waals surface area contributed by atoms with E-state index < -0.39 is 0 Å². The number of pyridine rings is 1. The minimum absolute atomic E-state index is 0.598. The number of nitrogens with zero attached hydrogens (tertiary/aromatic N) is 2. The zero-order chi connectivity index (χ0) is 15.1. The van der Waals surface area contributed by atoms with Crippen molar-refractivity contribution in [2.45, 2.75) is 18.5 Å². The number of rotatable bonds is 3. The van der Waals surface area contributed by atoms with Crippen LogP contribution in [0.1, 0.15) is 6.42 Å². The lowest BCUT2D eigenvalue weighted by Crippen LogP contribution is -2.67. The van der Waals surface area contributed by atoms with Gasteiger partial charge >= 0.3 is 0 Å². The smallest absolute Gasteiger partial charge is 0.0655 e. The van der Waals surface area contributed by atoms with E-state index >= 15 is 0 Å². The van der Waals surface area contributed by atoms with Gasteiger partial charge in [0.1, 0.15) is 0 Å². The molecule has 5 rings (SSSR count). The maximum atomic E-state index is 6.21. The Morgan fingerprint density at radius 1 is 1.14 bits per heavy atom. The largest absolute Gasteiger partial charge is 0.367 e. The topological polar surface area (TPSA) is 40.2 Å². The summed E-state index contributed by atoms with van der Waals surface area (Å²) >= 11 is 12.1. The highest BCUT2D eigenvalue weighted by Gasteiger charge is 2.36. The van der Waals surface area contributed by atoms with Crippen LogP contribution in [0, 0.1) is 0 Å². The number of benzene rings is 1. The zero-order valence-corrected chi connectivity index (χ0v) is 13.4. The third kappa shape index (κ3) is 2.74. The van der Waals surface area contributed by atoms with Crippen LogP contribution >= 0.6 is 23.2 Å². The second-order valence-corrected chi connectivity index (χ2v) is 6.73. The molecular formula is C16H16Cl2N4. The van der Waals surface area contributed by atoms with Gasteiger partial charge in [-0.05, 0) is 30.7 Å². The first-order chi connectivity index (χ1) is 10.7. The minimum Gasteiger partial charge on any atom is -0.367 e. The molecule has 4 heterocycles. The number of piperidine rings is 1. The molecule has 0 radical (unpaired) electrons. The minimum atomic E-state index is 0.598. The van der Waals surface area contributed by atoms with Crippen molar-refractivity contribution in [2.24, 2.45) is 0 Å². The molecular weight excluding hydrogens is 319 g/mol. The summed E-state index contributed by atoms with van der Waals surface area (Å²) in [5, 5.41) is 8.07. The van der Waals surface area contributed by atoms with Crippen LogP contribution in [-0.4, -0.2) is 30.2 Å². The fourth-order valence-corrected chi connectivity index (χ4v) is 3.60. The lowest BCUT2D eigenvalue weighted by atomic mass is 9.91. The maximum Gasteiger partial charge on any atom is 0.0655 e. The Hall–Kier alpha value is -1.49. The highest BCUT2D eigenvalue weighted by atomic mass is 35.5. The zero-order valence-electron chi connectivity index (χ0n) is 11.9. The van der Waals surface area contributed by atoms with Crippen molar-refractivity contribution in [3.05, 3.63) is 46.7 Å².